The third kappa shape index (κ3) is 5.62. The van der Waals surface area contributed by atoms with Crippen LogP contribution in [0, 0.1) is 11.7 Å². The van der Waals surface area contributed by atoms with Crippen molar-refractivity contribution in [1.29, 1.82) is 0 Å². The van der Waals surface area contributed by atoms with E-state index in [1.165, 1.54) is 17.1 Å². The molecule has 1 fully saturated rings. The number of rotatable bonds is 10. The lowest BCUT2D eigenvalue weighted by molar-refractivity contribution is -0.142. The van der Waals surface area contributed by atoms with E-state index in [0.717, 1.165) is 24.0 Å². The molecular weight excluding hydrogens is 453 g/mol. The van der Waals surface area contributed by atoms with Crippen molar-refractivity contribution in [3.63, 3.8) is 0 Å². The van der Waals surface area contributed by atoms with Crippen molar-refractivity contribution >= 4 is 17.5 Å². The number of ether oxygens (including phenoxy) is 3. The molecule has 1 aliphatic carbocycles. The summed E-state index contributed by atoms with van der Waals surface area (Å²) in [5.74, 6) is 0.431. The van der Waals surface area contributed by atoms with Crippen LogP contribution in [0.5, 0.6) is 11.5 Å². The summed E-state index contributed by atoms with van der Waals surface area (Å²) < 4.78 is 29.4. The van der Waals surface area contributed by atoms with Crippen molar-refractivity contribution in [3.05, 3.63) is 59.4 Å². The first-order chi connectivity index (χ1) is 16.9. The highest BCUT2D eigenvalue weighted by Crippen LogP contribution is 2.38. The fourth-order valence-electron chi connectivity index (χ4n) is 4.17. The Labute approximate surface area is 204 Å². The lowest BCUT2D eigenvalue weighted by Crippen LogP contribution is -2.43. The van der Waals surface area contributed by atoms with Crippen molar-refractivity contribution in [2.75, 3.05) is 41.0 Å². The average Bonchev–Trinajstić information content (AvgIpc) is 3.64. The third-order valence-electron chi connectivity index (χ3n) is 6.27. The first-order valence-electron chi connectivity index (χ1n) is 11.6. The maximum Gasteiger partial charge on any atom is 0.262 e. The lowest BCUT2D eigenvalue weighted by atomic mass is 9.98. The monoisotopic (exact) mass is 483 g/mol. The molecule has 35 heavy (non-hydrogen) atoms. The summed E-state index contributed by atoms with van der Waals surface area (Å²) in [5.41, 5.74) is 2.21. The molecule has 0 saturated heterocycles. The highest BCUT2D eigenvalue weighted by atomic mass is 19.1. The predicted octanol–water partition coefficient (Wildman–Crippen LogP) is 3.41. The number of carbonyl (C=O) groups excluding carboxylic acids is 2. The van der Waals surface area contributed by atoms with E-state index in [-0.39, 0.29) is 30.1 Å². The molecule has 2 amide bonds. The van der Waals surface area contributed by atoms with Crippen LogP contribution in [-0.2, 0) is 14.3 Å². The van der Waals surface area contributed by atoms with E-state index in [2.05, 4.69) is 5.10 Å². The van der Waals surface area contributed by atoms with Crippen LogP contribution < -0.4 is 9.47 Å². The second-order valence-corrected chi connectivity index (χ2v) is 8.65. The van der Waals surface area contributed by atoms with Gasteiger partial charge in [-0.1, -0.05) is 18.2 Å². The van der Waals surface area contributed by atoms with Crippen molar-refractivity contribution in [3.8, 4) is 11.5 Å². The maximum absolute atomic E-state index is 13.5. The van der Waals surface area contributed by atoms with Crippen LogP contribution in [0.2, 0.25) is 0 Å². The Morgan fingerprint density at radius 3 is 2.40 bits per heavy atom. The molecule has 0 unspecified atom stereocenters. The zero-order valence-corrected chi connectivity index (χ0v) is 20.2. The van der Waals surface area contributed by atoms with Crippen molar-refractivity contribution in [1.82, 2.24) is 9.91 Å². The van der Waals surface area contributed by atoms with E-state index in [4.69, 9.17) is 14.2 Å². The Kier molecular flexibility index (Phi) is 7.65. The van der Waals surface area contributed by atoms with Gasteiger partial charge in [-0.05, 0) is 48.2 Å². The van der Waals surface area contributed by atoms with Gasteiger partial charge in [0.25, 0.3) is 5.91 Å². The largest absolute Gasteiger partial charge is 0.493 e. The standard InChI is InChI=1S/C26H30FN3O5/c1-33-13-12-29(26(32)18-4-5-18)16-25(31)30-22(19-8-11-23(34-2)24(14-19)35-3)15-21(28-30)17-6-9-20(27)10-7-17/h6-11,14,18,22H,4-5,12-13,15-16H2,1-3H3/t22-/m1/s1. The highest BCUT2D eigenvalue weighted by Gasteiger charge is 2.38. The highest BCUT2D eigenvalue weighted by molar-refractivity contribution is 6.03. The number of methoxy groups -OCH3 is 3. The van der Waals surface area contributed by atoms with Crippen LogP contribution >= 0.6 is 0 Å². The number of halogens is 1. The molecule has 1 saturated carbocycles. The van der Waals surface area contributed by atoms with E-state index < -0.39 is 6.04 Å². The SMILES string of the molecule is COCCN(CC(=O)N1N=C(c2ccc(F)cc2)C[C@@H]1c1ccc(OC)c(OC)c1)C(=O)C1CC1. The molecule has 2 aliphatic rings. The summed E-state index contributed by atoms with van der Waals surface area (Å²) in [5, 5.41) is 6.06. The molecule has 186 valence electrons. The summed E-state index contributed by atoms with van der Waals surface area (Å²) in [6.07, 6.45) is 2.13. The third-order valence-corrected chi connectivity index (χ3v) is 6.27. The van der Waals surface area contributed by atoms with Gasteiger partial charge in [0.15, 0.2) is 11.5 Å². The predicted molar refractivity (Wildman–Crippen MR) is 128 cm³/mol. The second kappa shape index (κ2) is 10.9. The number of benzene rings is 2. The van der Waals surface area contributed by atoms with Crippen LogP contribution in [0.3, 0.4) is 0 Å². The number of nitrogens with zero attached hydrogens (tertiary/aromatic N) is 3. The molecule has 4 rings (SSSR count). The first-order valence-corrected chi connectivity index (χ1v) is 11.6. The number of hydrogen-bond donors (Lipinski definition) is 0. The topological polar surface area (TPSA) is 80.7 Å². The van der Waals surface area contributed by atoms with Gasteiger partial charge in [0, 0.05) is 26.0 Å². The van der Waals surface area contributed by atoms with Gasteiger partial charge in [0.2, 0.25) is 5.91 Å². The van der Waals surface area contributed by atoms with Crippen molar-refractivity contribution in [2.24, 2.45) is 11.0 Å². The molecule has 0 spiro atoms. The molecule has 1 aliphatic heterocycles. The Morgan fingerprint density at radius 2 is 1.77 bits per heavy atom. The van der Waals surface area contributed by atoms with Crippen molar-refractivity contribution in [2.45, 2.75) is 25.3 Å². The second-order valence-electron chi connectivity index (χ2n) is 8.65. The fourth-order valence-corrected chi connectivity index (χ4v) is 4.17. The summed E-state index contributed by atoms with van der Waals surface area (Å²) in [4.78, 5) is 27.9. The summed E-state index contributed by atoms with van der Waals surface area (Å²) in [6, 6.07) is 11.1. The molecule has 2 aromatic rings. The molecule has 9 heteroatoms. The smallest absolute Gasteiger partial charge is 0.262 e. The lowest BCUT2D eigenvalue weighted by Gasteiger charge is -2.27. The van der Waals surface area contributed by atoms with Gasteiger partial charge >= 0.3 is 0 Å². The van der Waals surface area contributed by atoms with E-state index >= 15 is 0 Å². The number of hydrazone groups is 1. The summed E-state index contributed by atoms with van der Waals surface area (Å²) in [7, 11) is 4.68. The molecule has 1 heterocycles. The van der Waals surface area contributed by atoms with Gasteiger partial charge in [-0.3, -0.25) is 9.59 Å². The minimum Gasteiger partial charge on any atom is -0.493 e. The quantitative estimate of drug-likeness (QED) is 0.518. The fraction of sp³-hybridized carbons (Fsp3) is 0.423. The van der Waals surface area contributed by atoms with Crippen LogP contribution in [0.4, 0.5) is 4.39 Å². The van der Waals surface area contributed by atoms with Crippen LogP contribution in [0.15, 0.2) is 47.6 Å². The van der Waals surface area contributed by atoms with Gasteiger partial charge in [-0.15, -0.1) is 0 Å². The Bertz CT molecular complexity index is 1100. The molecule has 0 radical (unpaired) electrons. The van der Waals surface area contributed by atoms with Crippen molar-refractivity contribution < 1.29 is 28.2 Å². The van der Waals surface area contributed by atoms with Gasteiger partial charge in [-0.25, -0.2) is 9.40 Å². The molecule has 8 nitrogen and oxygen atoms in total. The Balaban J connectivity index is 1.63. The van der Waals surface area contributed by atoms with Gasteiger partial charge < -0.3 is 19.1 Å². The normalized spacial score (nSPS) is 17.2. The first kappa shape index (κ1) is 24.7. The zero-order chi connectivity index (χ0) is 24.9. The zero-order valence-electron chi connectivity index (χ0n) is 20.2. The molecule has 1 atom stereocenters. The van der Waals surface area contributed by atoms with E-state index in [1.54, 1.807) is 44.4 Å². The molecular formula is C26H30FN3O5. The average molecular weight is 484 g/mol. The van der Waals surface area contributed by atoms with Crippen LogP contribution in [-0.4, -0.2) is 68.5 Å². The van der Waals surface area contributed by atoms with Crippen LogP contribution in [0.25, 0.3) is 0 Å². The minimum atomic E-state index is -0.414. The summed E-state index contributed by atoms with van der Waals surface area (Å²) >= 11 is 0. The molecule has 2 aromatic carbocycles. The number of amides is 2. The van der Waals surface area contributed by atoms with Crippen LogP contribution in [0.1, 0.15) is 36.4 Å². The molecule has 0 aromatic heterocycles. The number of hydrogen-bond acceptors (Lipinski definition) is 6. The maximum atomic E-state index is 13.5. The van der Waals surface area contributed by atoms with E-state index in [9.17, 15) is 14.0 Å². The number of carbonyl (C=O) groups is 2. The van der Waals surface area contributed by atoms with Gasteiger partial charge in [0.05, 0.1) is 32.6 Å². The van der Waals surface area contributed by atoms with Gasteiger partial charge in [-0.2, -0.15) is 5.10 Å². The Morgan fingerprint density at radius 1 is 1.06 bits per heavy atom. The Hall–Kier alpha value is -3.46. The van der Waals surface area contributed by atoms with E-state index in [0.29, 0.717) is 36.8 Å². The summed E-state index contributed by atoms with van der Waals surface area (Å²) in [6.45, 7) is 0.582. The molecule has 0 bridgehead atoms. The van der Waals surface area contributed by atoms with E-state index in [1.807, 2.05) is 12.1 Å². The minimum absolute atomic E-state index is 0.0156. The molecule has 0 N–H and O–H groups in total. The van der Waals surface area contributed by atoms with Gasteiger partial charge in [0.1, 0.15) is 12.4 Å².